The van der Waals surface area contributed by atoms with Gasteiger partial charge >= 0.3 is 6.03 Å². The van der Waals surface area contributed by atoms with Crippen molar-refractivity contribution in [3.63, 3.8) is 0 Å². The lowest BCUT2D eigenvalue weighted by Gasteiger charge is -2.40. The zero-order valence-corrected chi connectivity index (χ0v) is 17.4. The number of imide groups is 1. The van der Waals surface area contributed by atoms with Crippen molar-refractivity contribution in [2.75, 3.05) is 26.7 Å². The quantitative estimate of drug-likeness (QED) is 0.725. The summed E-state index contributed by atoms with van der Waals surface area (Å²) in [7, 11) is 1.79. The van der Waals surface area contributed by atoms with E-state index in [1.54, 1.807) is 23.3 Å². The van der Waals surface area contributed by atoms with Gasteiger partial charge in [0.1, 0.15) is 5.54 Å². The van der Waals surface area contributed by atoms with E-state index in [1.807, 2.05) is 30.3 Å². The molecule has 4 rings (SSSR count). The van der Waals surface area contributed by atoms with Gasteiger partial charge in [0.25, 0.3) is 5.91 Å². The molecule has 6 heteroatoms. The average Bonchev–Trinajstić information content (AvgIpc) is 3.19. The molecule has 0 bridgehead atoms. The summed E-state index contributed by atoms with van der Waals surface area (Å²) >= 11 is 1.79. The third-order valence-electron chi connectivity index (χ3n) is 6.29. The first kappa shape index (κ1) is 19.2. The van der Waals surface area contributed by atoms with E-state index < -0.39 is 5.54 Å². The molecule has 148 valence electrons. The molecule has 2 fully saturated rings. The minimum absolute atomic E-state index is 0.0112. The van der Waals surface area contributed by atoms with Crippen molar-refractivity contribution < 1.29 is 9.59 Å². The highest BCUT2D eigenvalue weighted by Gasteiger charge is 2.56. The van der Waals surface area contributed by atoms with Crippen LogP contribution in [0, 0.1) is 6.92 Å². The summed E-state index contributed by atoms with van der Waals surface area (Å²) in [5.41, 5.74) is 1.82. The number of hydrogen-bond donors (Lipinski definition) is 0. The van der Waals surface area contributed by atoms with E-state index in [0.717, 1.165) is 25.2 Å². The second-order valence-electron chi connectivity index (χ2n) is 7.87. The monoisotopic (exact) mass is 397 g/mol. The molecule has 3 amide bonds. The number of benzene rings is 1. The van der Waals surface area contributed by atoms with Gasteiger partial charge in [0.15, 0.2) is 0 Å². The molecule has 1 aromatic carbocycles. The summed E-state index contributed by atoms with van der Waals surface area (Å²) in [5.74, 6) is -0.0112. The fraction of sp³-hybridized carbons (Fsp3) is 0.455. The Morgan fingerprint density at radius 1 is 1.07 bits per heavy atom. The molecule has 28 heavy (non-hydrogen) atoms. The molecule has 0 saturated carbocycles. The maximum Gasteiger partial charge on any atom is 0.327 e. The largest absolute Gasteiger partial charge is 0.327 e. The molecule has 1 aromatic heterocycles. The summed E-state index contributed by atoms with van der Waals surface area (Å²) in [6.07, 6.45) is 2.12. The zero-order valence-electron chi connectivity index (χ0n) is 16.6. The standard InChI is InChI=1S/C22H27N3O2S/c1-17-9-15-28-19(17)16-24-13-10-22(11-14-24)20(26)25(21(27)23(22)2)12-8-18-6-4-3-5-7-18/h3-7,9,15H,8,10-14,16H2,1-2H3. The highest BCUT2D eigenvalue weighted by atomic mass is 32.1. The van der Waals surface area contributed by atoms with Gasteiger partial charge in [-0.1, -0.05) is 30.3 Å². The van der Waals surface area contributed by atoms with Gasteiger partial charge in [-0.25, -0.2) is 4.79 Å². The smallest absolute Gasteiger partial charge is 0.312 e. The summed E-state index contributed by atoms with van der Waals surface area (Å²) < 4.78 is 0. The Hall–Kier alpha value is -2.18. The molecule has 0 radical (unpaired) electrons. The molecule has 2 aliphatic rings. The molecule has 2 aliphatic heterocycles. The van der Waals surface area contributed by atoms with Crippen LogP contribution in [-0.2, 0) is 17.8 Å². The number of hydrogen-bond acceptors (Lipinski definition) is 4. The van der Waals surface area contributed by atoms with Crippen LogP contribution < -0.4 is 0 Å². The Bertz CT molecular complexity index is 856. The molecule has 0 N–H and O–H groups in total. The van der Waals surface area contributed by atoms with Crippen LogP contribution >= 0.6 is 11.3 Å². The predicted molar refractivity (Wildman–Crippen MR) is 111 cm³/mol. The number of thiophene rings is 1. The number of urea groups is 1. The summed E-state index contributed by atoms with van der Waals surface area (Å²) in [5, 5.41) is 2.13. The first-order valence-electron chi connectivity index (χ1n) is 9.90. The maximum absolute atomic E-state index is 13.2. The molecule has 2 aromatic rings. The van der Waals surface area contributed by atoms with Crippen LogP contribution in [0.25, 0.3) is 0 Å². The van der Waals surface area contributed by atoms with Crippen molar-refractivity contribution in [1.82, 2.24) is 14.7 Å². The van der Waals surface area contributed by atoms with Crippen LogP contribution in [-0.4, -0.2) is 58.9 Å². The van der Waals surface area contributed by atoms with Gasteiger partial charge in [0.05, 0.1) is 0 Å². The van der Waals surface area contributed by atoms with E-state index in [1.165, 1.54) is 15.3 Å². The topological polar surface area (TPSA) is 43.9 Å². The van der Waals surface area contributed by atoms with E-state index in [9.17, 15) is 9.59 Å². The Labute approximate surface area is 170 Å². The van der Waals surface area contributed by atoms with E-state index >= 15 is 0 Å². The van der Waals surface area contributed by atoms with Crippen LogP contribution in [0.5, 0.6) is 0 Å². The third kappa shape index (κ3) is 3.35. The van der Waals surface area contributed by atoms with Crippen LogP contribution in [0.1, 0.15) is 28.8 Å². The van der Waals surface area contributed by atoms with Crippen molar-refractivity contribution in [3.05, 3.63) is 57.8 Å². The second-order valence-corrected chi connectivity index (χ2v) is 8.87. The maximum atomic E-state index is 13.2. The summed E-state index contributed by atoms with van der Waals surface area (Å²) in [6.45, 7) is 5.21. The number of carbonyl (C=O) groups excluding carboxylic acids is 2. The van der Waals surface area contributed by atoms with Crippen molar-refractivity contribution >= 4 is 23.3 Å². The molecular weight excluding hydrogens is 370 g/mol. The molecule has 2 saturated heterocycles. The molecule has 0 aliphatic carbocycles. The third-order valence-corrected chi connectivity index (χ3v) is 7.30. The number of likely N-dealkylation sites (tertiary alicyclic amines) is 1. The molecule has 0 atom stereocenters. The van der Waals surface area contributed by atoms with Crippen molar-refractivity contribution in [3.8, 4) is 0 Å². The lowest BCUT2D eigenvalue weighted by molar-refractivity contribution is -0.135. The van der Waals surface area contributed by atoms with Crippen LogP contribution in [0.15, 0.2) is 41.8 Å². The second kappa shape index (κ2) is 7.68. The highest BCUT2D eigenvalue weighted by Crippen LogP contribution is 2.36. The first-order chi connectivity index (χ1) is 13.5. The zero-order chi connectivity index (χ0) is 19.7. The van der Waals surface area contributed by atoms with Crippen LogP contribution in [0.2, 0.25) is 0 Å². The summed E-state index contributed by atoms with van der Waals surface area (Å²) in [4.78, 5) is 33.0. The number of likely N-dealkylation sites (N-methyl/N-ethyl adjacent to an activating group) is 1. The minimum atomic E-state index is -0.658. The number of nitrogens with zero attached hydrogens (tertiary/aromatic N) is 3. The highest BCUT2D eigenvalue weighted by molar-refractivity contribution is 7.10. The van der Waals surface area contributed by atoms with Gasteiger partial charge in [-0.15, -0.1) is 11.3 Å². The number of piperidine rings is 1. The van der Waals surface area contributed by atoms with Gasteiger partial charge in [0.2, 0.25) is 0 Å². The van der Waals surface area contributed by atoms with Gasteiger partial charge in [-0.3, -0.25) is 14.6 Å². The van der Waals surface area contributed by atoms with E-state index in [4.69, 9.17) is 0 Å². The van der Waals surface area contributed by atoms with Gasteiger partial charge in [-0.2, -0.15) is 0 Å². The lowest BCUT2D eigenvalue weighted by Crippen LogP contribution is -2.55. The average molecular weight is 398 g/mol. The number of carbonyl (C=O) groups is 2. The van der Waals surface area contributed by atoms with Gasteiger partial charge in [-0.05, 0) is 48.8 Å². The fourth-order valence-electron chi connectivity index (χ4n) is 4.33. The van der Waals surface area contributed by atoms with Gasteiger partial charge in [0, 0.05) is 38.1 Å². The fourth-order valence-corrected chi connectivity index (χ4v) is 5.28. The molecular formula is C22H27N3O2S. The Morgan fingerprint density at radius 2 is 1.79 bits per heavy atom. The predicted octanol–water partition coefficient (Wildman–Crippen LogP) is 3.53. The lowest BCUT2D eigenvalue weighted by atomic mass is 9.86. The van der Waals surface area contributed by atoms with E-state index in [-0.39, 0.29) is 11.9 Å². The summed E-state index contributed by atoms with van der Waals surface area (Å²) in [6, 6.07) is 12.0. The Balaban J connectivity index is 1.41. The van der Waals surface area contributed by atoms with Crippen molar-refractivity contribution in [2.45, 2.75) is 38.3 Å². The Morgan fingerprint density at radius 3 is 2.43 bits per heavy atom. The SMILES string of the molecule is Cc1ccsc1CN1CCC2(CC1)C(=O)N(CCc1ccccc1)C(=O)N2C. The Kier molecular flexibility index (Phi) is 5.25. The molecule has 3 heterocycles. The first-order valence-corrected chi connectivity index (χ1v) is 10.8. The van der Waals surface area contributed by atoms with Crippen molar-refractivity contribution in [2.24, 2.45) is 0 Å². The van der Waals surface area contributed by atoms with Gasteiger partial charge < -0.3 is 4.90 Å². The number of rotatable bonds is 5. The van der Waals surface area contributed by atoms with E-state index in [0.29, 0.717) is 25.8 Å². The molecule has 1 spiro atoms. The number of aryl methyl sites for hydroxylation is 1. The number of amides is 3. The minimum Gasteiger partial charge on any atom is -0.312 e. The van der Waals surface area contributed by atoms with Crippen molar-refractivity contribution in [1.29, 1.82) is 0 Å². The van der Waals surface area contributed by atoms with E-state index in [2.05, 4.69) is 23.3 Å². The molecule has 0 unspecified atom stereocenters. The normalized spacial score (nSPS) is 19.8. The van der Waals surface area contributed by atoms with Crippen LogP contribution in [0.4, 0.5) is 4.79 Å². The van der Waals surface area contributed by atoms with Crippen LogP contribution in [0.3, 0.4) is 0 Å². The molecule has 5 nitrogen and oxygen atoms in total.